The lowest BCUT2D eigenvalue weighted by molar-refractivity contribution is -0.385. The van der Waals surface area contributed by atoms with Gasteiger partial charge in [0.15, 0.2) is 0 Å². The third-order valence-electron chi connectivity index (χ3n) is 3.86. The molecule has 0 radical (unpaired) electrons. The van der Waals surface area contributed by atoms with Gasteiger partial charge >= 0.3 is 0 Å². The minimum absolute atomic E-state index is 0.259. The second-order valence-electron chi connectivity index (χ2n) is 5.76. The summed E-state index contributed by atoms with van der Waals surface area (Å²) in [5.74, 6) is -0.893. The normalized spacial score (nSPS) is 10.3. The molecule has 0 aliphatic rings. The zero-order chi connectivity index (χ0) is 20.1. The molecule has 10 nitrogen and oxygen atoms in total. The maximum absolute atomic E-state index is 12.4. The smallest absolute Gasteiger partial charge is 0.286 e. The van der Waals surface area contributed by atoms with Gasteiger partial charge in [-0.15, -0.1) is 0 Å². The fourth-order valence-electron chi connectivity index (χ4n) is 2.37. The van der Waals surface area contributed by atoms with Gasteiger partial charge in [0.25, 0.3) is 17.2 Å². The number of ether oxygens (including phenoxy) is 1. The van der Waals surface area contributed by atoms with Crippen molar-refractivity contribution in [3.05, 3.63) is 68.1 Å². The molecule has 10 heteroatoms. The molecule has 2 amide bonds. The monoisotopic (exact) mass is 374 g/mol. The number of nitro groups is 1. The Kier molecular flexibility index (Phi) is 5.91. The summed E-state index contributed by atoms with van der Waals surface area (Å²) in [6.45, 7) is -0.206. The Hall–Kier alpha value is -3.69. The van der Waals surface area contributed by atoms with Crippen LogP contribution in [0.5, 0.6) is 5.75 Å². The topological polar surface area (TPSA) is 138 Å². The van der Waals surface area contributed by atoms with E-state index in [0.717, 1.165) is 22.4 Å². The summed E-state index contributed by atoms with van der Waals surface area (Å²) in [4.78, 5) is 47.6. The average Bonchev–Trinajstić information content (AvgIpc) is 2.63. The van der Waals surface area contributed by atoms with E-state index in [4.69, 9.17) is 10.5 Å². The fourth-order valence-corrected chi connectivity index (χ4v) is 2.37. The molecule has 0 aliphatic heterocycles. The number of hydrogen-bond donors (Lipinski definition) is 1. The Labute approximate surface area is 153 Å². The molecule has 0 atom stereocenters. The first kappa shape index (κ1) is 19.6. The van der Waals surface area contributed by atoms with Gasteiger partial charge in [0.1, 0.15) is 17.9 Å². The van der Waals surface area contributed by atoms with E-state index in [1.807, 2.05) is 0 Å². The van der Waals surface area contributed by atoms with E-state index in [2.05, 4.69) is 0 Å². The summed E-state index contributed by atoms with van der Waals surface area (Å²) in [6, 6.07) is 7.86. The largest absolute Gasteiger partial charge is 0.497 e. The summed E-state index contributed by atoms with van der Waals surface area (Å²) < 4.78 is 5.87. The zero-order valence-corrected chi connectivity index (χ0v) is 14.7. The number of carbonyl (C=O) groups excluding carboxylic acids is 2. The SMILES string of the molecule is COc1ccc(CN(C)C(=O)Cn2cc([N+](=O)[O-])cc(C(N)=O)c2=O)cc1. The van der Waals surface area contributed by atoms with Crippen LogP contribution >= 0.6 is 0 Å². The van der Waals surface area contributed by atoms with Crippen molar-refractivity contribution in [2.24, 2.45) is 5.73 Å². The highest BCUT2D eigenvalue weighted by molar-refractivity contribution is 5.93. The molecule has 0 bridgehead atoms. The number of carbonyl (C=O) groups is 2. The standard InChI is InChI=1S/C17H18N4O6/c1-19(8-11-3-5-13(27-2)6-4-11)15(22)10-20-9-12(21(25)26)7-14(16(18)23)17(20)24/h3-7,9H,8,10H2,1-2H3,(H2,18,23). The van der Waals surface area contributed by atoms with Crippen molar-refractivity contribution in [2.75, 3.05) is 14.2 Å². The van der Waals surface area contributed by atoms with Crippen molar-refractivity contribution in [1.82, 2.24) is 9.47 Å². The molecule has 142 valence electrons. The Bertz CT molecular complexity index is 935. The van der Waals surface area contributed by atoms with E-state index in [1.54, 1.807) is 31.4 Å². The van der Waals surface area contributed by atoms with E-state index in [-0.39, 0.29) is 6.54 Å². The number of pyridine rings is 1. The molecular formula is C17H18N4O6. The van der Waals surface area contributed by atoms with Crippen molar-refractivity contribution in [3.63, 3.8) is 0 Å². The lowest BCUT2D eigenvalue weighted by Crippen LogP contribution is -2.36. The van der Waals surface area contributed by atoms with Crippen LogP contribution in [0.1, 0.15) is 15.9 Å². The number of primary amides is 1. The summed E-state index contributed by atoms with van der Waals surface area (Å²) in [5, 5.41) is 11.0. The van der Waals surface area contributed by atoms with E-state index in [9.17, 15) is 24.5 Å². The van der Waals surface area contributed by atoms with Crippen molar-refractivity contribution in [1.29, 1.82) is 0 Å². The minimum Gasteiger partial charge on any atom is -0.497 e. The lowest BCUT2D eigenvalue weighted by atomic mass is 10.2. The highest BCUT2D eigenvalue weighted by Crippen LogP contribution is 2.13. The van der Waals surface area contributed by atoms with Gasteiger partial charge in [-0.1, -0.05) is 12.1 Å². The molecule has 2 aromatic rings. The van der Waals surface area contributed by atoms with Gasteiger partial charge in [0.05, 0.1) is 18.2 Å². The zero-order valence-electron chi connectivity index (χ0n) is 14.7. The Morgan fingerprint density at radius 2 is 1.93 bits per heavy atom. The van der Waals surface area contributed by atoms with Gasteiger partial charge in [-0.05, 0) is 17.7 Å². The van der Waals surface area contributed by atoms with Crippen LogP contribution in [0.2, 0.25) is 0 Å². The number of rotatable bonds is 7. The molecule has 1 aromatic carbocycles. The number of benzene rings is 1. The molecule has 0 unspecified atom stereocenters. The number of likely N-dealkylation sites (N-methyl/N-ethyl adjacent to an activating group) is 1. The minimum atomic E-state index is -1.10. The molecular weight excluding hydrogens is 356 g/mol. The van der Waals surface area contributed by atoms with Gasteiger partial charge < -0.3 is 15.4 Å². The summed E-state index contributed by atoms with van der Waals surface area (Å²) in [7, 11) is 3.08. The average molecular weight is 374 g/mol. The molecule has 1 aromatic heterocycles. The van der Waals surface area contributed by atoms with Crippen molar-refractivity contribution in [2.45, 2.75) is 13.1 Å². The predicted octanol–water partition coefficient (Wildman–Crippen LogP) is 0.523. The number of nitrogens with two attached hydrogens (primary N) is 1. The van der Waals surface area contributed by atoms with Crippen LogP contribution in [0.25, 0.3) is 0 Å². The number of methoxy groups -OCH3 is 1. The van der Waals surface area contributed by atoms with Gasteiger partial charge in [0, 0.05) is 19.7 Å². The van der Waals surface area contributed by atoms with E-state index in [0.29, 0.717) is 5.75 Å². The Balaban J connectivity index is 2.21. The van der Waals surface area contributed by atoms with E-state index >= 15 is 0 Å². The Morgan fingerprint density at radius 1 is 1.30 bits per heavy atom. The quantitative estimate of drug-likeness (QED) is 0.554. The predicted molar refractivity (Wildman–Crippen MR) is 95.3 cm³/mol. The third kappa shape index (κ3) is 4.69. The number of aromatic nitrogens is 1. The molecule has 0 saturated heterocycles. The second kappa shape index (κ2) is 8.13. The molecule has 0 aliphatic carbocycles. The summed E-state index contributed by atoms with van der Waals surface area (Å²) >= 11 is 0. The fraction of sp³-hybridized carbons (Fsp3) is 0.235. The van der Waals surface area contributed by atoms with E-state index in [1.165, 1.54) is 11.9 Å². The van der Waals surface area contributed by atoms with Crippen LogP contribution in [0.3, 0.4) is 0 Å². The van der Waals surface area contributed by atoms with Gasteiger partial charge in [-0.25, -0.2) is 0 Å². The number of hydrogen-bond acceptors (Lipinski definition) is 6. The first-order valence-corrected chi connectivity index (χ1v) is 7.78. The van der Waals surface area contributed by atoms with Crippen molar-refractivity contribution < 1.29 is 19.2 Å². The molecule has 2 N–H and O–H groups in total. The summed E-state index contributed by atoms with van der Waals surface area (Å²) in [5.41, 5.74) is 4.00. The van der Waals surface area contributed by atoms with Gasteiger partial charge in [-0.2, -0.15) is 0 Å². The van der Waals surface area contributed by atoms with Crippen LogP contribution in [-0.2, 0) is 17.9 Å². The second-order valence-corrected chi connectivity index (χ2v) is 5.76. The first-order valence-electron chi connectivity index (χ1n) is 7.78. The molecule has 2 rings (SSSR count). The van der Waals surface area contributed by atoms with Crippen molar-refractivity contribution >= 4 is 17.5 Å². The highest BCUT2D eigenvalue weighted by Gasteiger charge is 2.19. The first-order chi connectivity index (χ1) is 12.7. The highest BCUT2D eigenvalue weighted by atomic mass is 16.6. The van der Waals surface area contributed by atoms with Crippen LogP contribution in [0, 0.1) is 10.1 Å². The van der Waals surface area contributed by atoms with Crippen molar-refractivity contribution in [3.8, 4) is 5.75 Å². The van der Waals surface area contributed by atoms with Crippen LogP contribution in [0.15, 0.2) is 41.3 Å². The van der Waals surface area contributed by atoms with Gasteiger partial charge in [0.2, 0.25) is 5.91 Å². The molecule has 1 heterocycles. The number of amides is 2. The summed E-state index contributed by atoms with van der Waals surface area (Å²) in [6.07, 6.45) is 0.911. The third-order valence-corrected chi connectivity index (χ3v) is 3.86. The van der Waals surface area contributed by atoms with Gasteiger partial charge in [-0.3, -0.25) is 29.1 Å². The van der Waals surface area contributed by atoms with E-state index < -0.39 is 40.1 Å². The molecule has 0 saturated carbocycles. The molecule has 0 fully saturated rings. The molecule has 0 spiro atoms. The van der Waals surface area contributed by atoms with Crippen LogP contribution < -0.4 is 16.0 Å². The molecule has 27 heavy (non-hydrogen) atoms. The maximum Gasteiger partial charge on any atom is 0.286 e. The Morgan fingerprint density at radius 3 is 2.44 bits per heavy atom. The maximum atomic E-state index is 12.4. The number of nitrogens with zero attached hydrogens (tertiary/aromatic N) is 3. The lowest BCUT2D eigenvalue weighted by Gasteiger charge is -2.18. The van der Waals surface area contributed by atoms with Crippen LogP contribution in [-0.4, -0.2) is 40.4 Å². The van der Waals surface area contributed by atoms with Crippen LogP contribution in [0.4, 0.5) is 5.69 Å².